The van der Waals surface area contributed by atoms with Gasteiger partial charge >= 0.3 is 0 Å². The van der Waals surface area contributed by atoms with Crippen molar-refractivity contribution in [1.29, 1.82) is 5.26 Å². The van der Waals surface area contributed by atoms with E-state index in [0.717, 1.165) is 24.2 Å². The molecule has 0 saturated carbocycles. The summed E-state index contributed by atoms with van der Waals surface area (Å²) in [6.45, 7) is 2.79. The van der Waals surface area contributed by atoms with Crippen LogP contribution in [0.5, 0.6) is 0 Å². The van der Waals surface area contributed by atoms with Crippen LogP contribution in [0.2, 0.25) is 5.02 Å². The minimum atomic E-state index is 0.0210. The molecule has 1 unspecified atom stereocenters. The Morgan fingerprint density at radius 3 is 2.87 bits per heavy atom. The van der Waals surface area contributed by atoms with Crippen molar-refractivity contribution in [3.8, 4) is 6.07 Å². The van der Waals surface area contributed by atoms with Gasteiger partial charge in [0.2, 0.25) is 0 Å². The molecule has 4 rings (SSSR count). The lowest BCUT2D eigenvalue weighted by atomic mass is 10.1. The zero-order chi connectivity index (χ0) is 20.9. The number of carbonyl (C=O) groups excluding carboxylic acids is 1. The predicted molar refractivity (Wildman–Crippen MR) is 115 cm³/mol. The average Bonchev–Trinajstić information content (AvgIpc) is 3.42. The third-order valence-electron chi connectivity index (χ3n) is 5.35. The quantitative estimate of drug-likeness (QED) is 0.664. The Labute approximate surface area is 180 Å². The summed E-state index contributed by atoms with van der Waals surface area (Å²) in [5.41, 5.74) is 3.49. The third kappa shape index (κ3) is 4.70. The Morgan fingerprint density at radius 2 is 2.10 bits per heavy atom. The largest absolute Gasteiger partial charge is 0.337 e. The Hall–Kier alpha value is -3.14. The highest BCUT2D eigenvalue weighted by atomic mass is 35.5. The number of aromatic nitrogens is 2. The minimum Gasteiger partial charge on any atom is -0.337 e. The first-order valence-electron chi connectivity index (χ1n) is 9.88. The van der Waals surface area contributed by atoms with E-state index in [1.807, 2.05) is 41.7 Å². The van der Waals surface area contributed by atoms with E-state index >= 15 is 0 Å². The third-order valence-corrected chi connectivity index (χ3v) is 5.59. The summed E-state index contributed by atoms with van der Waals surface area (Å²) in [5.74, 6) is 0.0210. The molecule has 1 N–H and O–H groups in total. The van der Waals surface area contributed by atoms with Crippen LogP contribution in [0.15, 0.2) is 61.1 Å². The Balaban J connectivity index is 1.32. The van der Waals surface area contributed by atoms with E-state index in [9.17, 15) is 4.79 Å². The van der Waals surface area contributed by atoms with Gasteiger partial charge in [0, 0.05) is 49.0 Å². The first-order valence-corrected chi connectivity index (χ1v) is 10.3. The molecule has 30 heavy (non-hydrogen) atoms. The lowest BCUT2D eigenvalue weighted by molar-refractivity contribution is 0.0789. The zero-order valence-corrected chi connectivity index (χ0v) is 17.2. The Bertz CT molecular complexity index is 1070. The van der Waals surface area contributed by atoms with Crippen LogP contribution in [0, 0.1) is 11.3 Å². The molecule has 3 aromatic rings. The second kappa shape index (κ2) is 9.12. The smallest absolute Gasteiger partial charge is 0.253 e. The van der Waals surface area contributed by atoms with Gasteiger partial charge in [-0.15, -0.1) is 0 Å². The van der Waals surface area contributed by atoms with Crippen LogP contribution in [-0.2, 0) is 13.1 Å². The molecule has 1 atom stereocenters. The summed E-state index contributed by atoms with van der Waals surface area (Å²) in [7, 11) is 0. The average molecular weight is 420 g/mol. The van der Waals surface area contributed by atoms with Gasteiger partial charge in [-0.2, -0.15) is 5.26 Å². The van der Waals surface area contributed by atoms with Crippen molar-refractivity contribution in [3.05, 3.63) is 88.5 Å². The number of hydrogen-bond donors (Lipinski definition) is 1. The summed E-state index contributed by atoms with van der Waals surface area (Å²) in [4.78, 5) is 18.8. The van der Waals surface area contributed by atoms with E-state index < -0.39 is 0 Å². The molecular formula is C23H22ClN5O. The lowest BCUT2D eigenvalue weighted by Gasteiger charge is -2.18. The number of likely N-dealkylation sites (tertiary alicyclic amines) is 1. The van der Waals surface area contributed by atoms with Gasteiger partial charge in [0.15, 0.2) is 0 Å². The molecule has 0 aliphatic carbocycles. The first kappa shape index (κ1) is 20.1. The number of rotatable bonds is 6. The van der Waals surface area contributed by atoms with E-state index in [1.165, 1.54) is 0 Å². The number of nitriles is 1. The van der Waals surface area contributed by atoms with Crippen LogP contribution in [0.3, 0.4) is 0 Å². The Morgan fingerprint density at radius 1 is 1.27 bits per heavy atom. The fourth-order valence-electron chi connectivity index (χ4n) is 3.68. The highest BCUT2D eigenvalue weighted by Gasteiger charge is 2.26. The van der Waals surface area contributed by atoms with Crippen molar-refractivity contribution in [2.75, 3.05) is 13.1 Å². The van der Waals surface area contributed by atoms with Gasteiger partial charge in [0.25, 0.3) is 5.91 Å². The van der Waals surface area contributed by atoms with E-state index in [0.29, 0.717) is 35.8 Å². The van der Waals surface area contributed by atoms with Crippen molar-refractivity contribution in [2.24, 2.45) is 0 Å². The molecule has 152 valence electrons. The van der Waals surface area contributed by atoms with Crippen LogP contribution in [0.1, 0.15) is 33.6 Å². The molecule has 1 aliphatic rings. The van der Waals surface area contributed by atoms with Gasteiger partial charge in [-0.1, -0.05) is 29.8 Å². The van der Waals surface area contributed by atoms with Gasteiger partial charge in [-0.05, 0) is 42.3 Å². The van der Waals surface area contributed by atoms with E-state index in [1.54, 1.807) is 24.3 Å². The maximum Gasteiger partial charge on any atom is 0.253 e. The van der Waals surface area contributed by atoms with Crippen LogP contribution >= 0.6 is 11.6 Å². The fourth-order valence-corrected chi connectivity index (χ4v) is 3.87. The predicted octanol–water partition coefficient (Wildman–Crippen LogP) is 3.46. The van der Waals surface area contributed by atoms with Gasteiger partial charge in [0.1, 0.15) is 0 Å². The molecule has 1 aliphatic heterocycles. The molecule has 2 aromatic carbocycles. The molecule has 2 heterocycles. The standard InChI is InChI=1S/C23H22ClN5O/c24-20-3-1-2-19(10-20)23(30)28-9-8-21(15-28)27-13-22-12-26-16-29(22)14-18-6-4-17(11-25)5-7-18/h1-7,10,12,16,21,27H,8-9,13-15H2. The van der Waals surface area contributed by atoms with Gasteiger partial charge < -0.3 is 14.8 Å². The molecule has 1 amide bonds. The number of benzene rings is 2. The van der Waals surface area contributed by atoms with Crippen molar-refractivity contribution >= 4 is 17.5 Å². The molecular weight excluding hydrogens is 398 g/mol. The molecule has 0 bridgehead atoms. The molecule has 0 spiro atoms. The summed E-state index contributed by atoms with van der Waals surface area (Å²) < 4.78 is 2.10. The maximum absolute atomic E-state index is 12.7. The number of amides is 1. The molecule has 0 radical (unpaired) electrons. The van der Waals surface area contributed by atoms with Crippen LogP contribution in [0.4, 0.5) is 0 Å². The van der Waals surface area contributed by atoms with Crippen LogP contribution in [0.25, 0.3) is 0 Å². The Kier molecular flexibility index (Phi) is 6.12. The highest BCUT2D eigenvalue weighted by Crippen LogP contribution is 2.17. The molecule has 6 nitrogen and oxygen atoms in total. The number of carbonyl (C=O) groups is 1. The van der Waals surface area contributed by atoms with Crippen LogP contribution < -0.4 is 5.32 Å². The van der Waals surface area contributed by atoms with E-state index in [2.05, 4.69) is 20.9 Å². The summed E-state index contributed by atoms with van der Waals surface area (Å²) in [5, 5.41) is 13.1. The van der Waals surface area contributed by atoms with Crippen molar-refractivity contribution in [1.82, 2.24) is 19.8 Å². The molecule has 1 saturated heterocycles. The normalized spacial score (nSPS) is 15.9. The molecule has 1 fully saturated rings. The van der Waals surface area contributed by atoms with Gasteiger partial charge in [-0.25, -0.2) is 4.98 Å². The van der Waals surface area contributed by atoms with E-state index in [4.69, 9.17) is 16.9 Å². The van der Waals surface area contributed by atoms with E-state index in [-0.39, 0.29) is 11.9 Å². The monoisotopic (exact) mass is 419 g/mol. The first-order chi connectivity index (χ1) is 14.6. The van der Waals surface area contributed by atoms with Gasteiger partial charge in [0.05, 0.1) is 23.7 Å². The summed E-state index contributed by atoms with van der Waals surface area (Å²) >= 11 is 6.01. The fraction of sp³-hybridized carbons (Fsp3) is 0.261. The summed E-state index contributed by atoms with van der Waals surface area (Å²) in [6.07, 6.45) is 4.59. The van der Waals surface area contributed by atoms with Crippen molar-refractivity contribution < 1.29 is 4.79 Å². The topological polar surface area (TPSA) is 74.0 Å². The number of imidazole rings is 1. The zero-order valence-electron chi connectivity index (χ0n) is 16.5. The second-order valence-corrected chi connectivity index (χ2v) is 7.89. The maximum atomic E-state index is 12.7. The van der Waals surface area contributed by atoms with Crippen LogP contribution in [-0.4, -0.2) is 39.5 Å². The van der Waals surface area contributed by atoms with Gasteiger partial charge in [-0.3, -0.25) is 4.79 Å². The number of hydrogen-bond acceptors (Lipinski definition) is 4. The number of halogens is 1. The summed E-state index contributed by atoms with van der Waals surface area (Å²) in [6, 6.07) is 17.1. The lowest BCUT2D eigenvalue weighted by Crippen LogP contribution is -2.35. The molecule has 1 aromatic heterocycles. The second-order valence-electron chi connectivity index (χ2n) is 7.45. The number of nitrogens with zero attached hydrogens (tertiary/aromatic N) is 4. The van der Waals surface area contributed by atoms with Crippen molar-refractivity contribution in [3.63, 3.8) is 0 Å². The minimum absolute atomic E-state index is 0.0210. The SMILES string of the molecule is N#Cc1ccc(Cn2cncc2CNC2CCN(C(=O)c3cccc(Cl)c3)C2)cc1. The highest BCUT2D eigenvalue weighted by molar-refractivity contribution is 6.30. The molecule has 7 heteroatoms. The van der Waals surface area contributed by atoms with Crippen molar-refractivity contribution in [2.45, 2.75) is 25.6 Å². The number of nitrogens with one attached hydrogen (secondary N) is 1.